The number of nitrogens with one attached hydrogen (secondary N) is 3. The first-order valence-corrected chi connectivity index (χ1v) is 13.4. The number of rotatable bonds is 11. The molecule has 1 fully saturated rings. The molecule has 1 aliphatic carbocycles. The van der Waals surface area contributed by atoms with E-state index >= 15 is 0 Å². The van der Waals surface area contributed by atoms with Gasteiger partial charge in [0.2, 0.25) is 5.88 Å². The number of aromatic nitrogens is 4. The van der Waals surface area contributed by atoms with E-state index < -0.39 is 6.09 Å². The SMILES string of the molecule is CC.CNc1nc(NC(=O)OC2CCCC(NCCn3c(=O)ccc4ncc(OC)nc43)C2)ccc1OCC=O. The van der Waals surface area contributed by atoms with E-state index in [-0.39, 0.29) is 24.3 Å². The van der Waals surface area contributed by atoms with E-state index in [0.29, 0.717) is 60.2 Å². The normalized spacial score (nSPS) is 16.3. The van der Waals surface area contributed by atoms with Gasteiger partial charge < -0.3 is 24.8 Å². The highest BCUT2D eigenvalue weighted by atomic mass is 16.6. The fraction of sp³-hybridized carbons (Fsp3) is 0.481. The minimum Gasteiger partial charge on any atom is -0.482 e. The molecule has 0 saturated heterocycles. The number of amides is 1. The third-order valence-electron chi connectivity index (χ3n) is 6.17. The molecule has 0 aromatic carbocycles. The molecule has 0 aliphatic heterocycles. The molecular weight excluding hydrogens is 518 g/mol. The van der Waals surface area contributed by atoms with Gasteiger partial charge in [0.05, 0.1) is 13.3 Å². The van der Waals surface area contributed by atoms with E-state index in [9.17, 15) is 14.4 Å². The fourth-order valence-corrected chi connectivity index (χ4v) is 4.39. The maximum absolute atomic E-state index is 12.5. The molecule has 1 amide bonds. The number of hydrogen-bond donors (Lipinski definition) is 3. The molecule has 0 spiro atoms. The van der Waals surface area contributed by atoms with Crippen molar-refractivity contribution in [2.45, 2.75) is 58.2 Å². The van der Waals surface area contributed by atoms with Crippen molar-refractivity contribution in [3.63, 3.8) is 0 Å². The third-order valence-corrected chi connectivity index (χ3v) is 6.17. The van der Waals surface area contributed by atoms with Crippen molar-refractivity contribution in [2.75, 3.05) is 37.9 Å². The van der Waals surface area contributed by atoms with Gasteiger partial charge in [0.15, 0.2) is 23.5 Å². The second-order valence-electron chi connectivity index (χ2n) is 8.69. The van der Waals surface area contributed by atoms with Crippen molar-refractivity contribution in [3.05, 3.63) is 40.8 Å². The van der Waals surface area contributed by atoms with E-state index in [4.69, 9.17) is 14.2 Å². The summed E-state index contributed by atoms with van der Waals surface area (Å²) >= 11 is 0. The van der Waals surface area contributed by atoms with E-state index in [1.165, 1.54) is 19.4 Å². The molecule has 3 heterocycles. The van der Waals surface area contributed by atoms with Crippen molar-refractivity contribution in [1.82, 2.24) is 24.8 Å². The zero-order valence-electron chi connectivity index (χ0n) is 23.3. The molecular formula is C27H37N7O6. The van der Waals surface area contributed by atoms with Crippen molar-refractivity contribution < 1.29 is 23.8 Å². The van der Waals surface area contributed by atoms with Gasteiger partial charge >= 0.3 is 6.09 Å². The quantitative estimate of drug-likeness (QED) is 0.299. The monoisotopic (exact) mass is 555 g/mol. The van der Waals surface area contributed by atoms with Crippen molar-refractivity contribution in [2.24, 2.45) is 0 Å². The van der Waals surface area contributed by atoms with E-state index in [2.05, 4.69) is 30.9 Å². The van der Waals surface area contributed by atoms with E-state index in [1.807, 2.05) is 13.8 Å². The van der Waals surface area contributed by atoms with Crippen LogP contribution in [-0.2, 0) is 16.1 Å². The number of hydrogen-bond acceptors (Lipinski definition) is 11. The van der Waals surface area contributed by atoms with Crippen molar-refractivity contribution in [3.8, 4) is 11.6 Å². The van der Waals surface area contributed by atoms with Gasteiger partial charge in [0, 0.05) is 32.2 Å². The Kier molecular flexibility index (Phi) is 11.6. The number of fused-ring (bicyclic) bond motifs is 1. The second-order valence-corrected chi connectivity index (χ2v) is 8.69. The smallest absolute Gasteiger partial charge is 0.413 e. The van der Waals surface area contributed by atoms with Gasteiger partial charge in [-0.2, -0.15) is 4.98 Å². The molecule has 2 unspecified atom stereocenters. The van der Waals surface area contributed by atoms with Crippen LogP contribution in [0.5, 0.6) is 11.6 Å². The molecule has 1 aliphatic rings. The summed E-state index contributed by atoms with van der Waals surface area (Å²) in [6.45, 7) is 4.85. The zero-order valence-corrected chi connectivity index (χ0v) is 23.3. The summed E-state index contributed by atoms with van der Waals surface area (Å²) in [6, 6.07) is 6.44. The summed E-state index contributed by atoms with van der Waals surface area (Å²) in [4.78, 5) is 48.5. The van der Waals surface area contributed by atoms with Crippen LogP contribution in [0.2, 0.25) is 0 Å². The van der Waals surface area contributed by atoms with Gasteiger partial charge in [-0.05, 0) is 43.9 Å². The predicted molar refractivity (Wildman–Crippen MR) is 151 cm³/mol. The number of anilines is 2. The Hall–Kier alpha value is -4.26. The zero-order chi connectivity index (χ0) is 28.9. The van der Waals surface area contributed by atoms with Gasteiger partial charge in [-0.15, -0.1) is 0 Å². The average Bonchev–Trinajstić information content (AvgIpc) is 2.98. The first-order chi connectivity index (χ1) is 19.5. The van der Waals surface area contributed by atoms with Gasteiger partial charge in [0.25, 0.3) is 5.56 Å². The molecule has 3 N–H and O–H groups in total. The molecule has 0 radical (unpaired) electrons. The molecule has 4 rings (SSSR count). The van der Waals surface area contributed by atoms with Crippen molar-refractivity contribution in [1.29, 1.82) is 0 Å². The van der Waals surface area contributed by atoms with E-state index in [0.717, 1.165) is 19.3 Å². The molecule has 13 nitrogen and oxygen atoms in total. The van der Waals surface area contributed by atoms with Crippen LogP contribution in [0.1, 0.15) is 39.5 Å². The van der Waals surface area contributed by atoms with Crippen LogP contribution in [0.15, 0.2) is 35.3 Å². The number of carbonyl (C=O) groups excluding carboxylic acids is 2. The van der Waals surface area contributed by atoms with Crippen LogP contribution < -0.4 is 31.0 Å². The number of methoxy groups -OCH3 is 1. The molecule has 3 aromatic heterocycles. The Morgan fingerprint density at radius 3 is 2.75 bits per heavy atom. The second kappa shape index (κ2) is 15.4. The molecule has 0 bridgehead atoms. The molecule has 2 atom stereocenters. The van der Waals surface area contributed by atoms with Gasteiger partial charge in [-0.25, -0.2) is 14.8 Å². The Morgan fingerprint density at radius 1 is 1.18 bits per heavy atom. The van der Waals surface area contributed by atoms with Crippen LogP contribution in [0.4, 0.5) is 16.4 Å². The number of ether oxygens (including phenoxy) is 3. The Morgan fingerprint density at radius 2 is 2.00 bits per heavy atom. The van der Waals surface area contributed by atoms with Crippen LogP contribution in [-0.4, -0.2) is 71.4 Å². The summed E-state index contributed by atoms with van der Waals surface area (Å²) in [5.74, 6) is 1.43. The van der Waals surface area contributed by atoms with Crippen molar-refractivity contribution >= 4 is 35.2 Å². The standard InChI is InChI=1S/C25H31N7O6.C2H6/c1-26-23-19(37-13-12-33)7-8-20(29-23)30-25(35)38-17-5-3-4-16(14-17)27-10-11-32-22(34)9-6-18-24(32)31-21(36-2)15-28-18;1-2/h6-9,12,15-17,27H,3-5,10-11,13-14H2,1-2H3,(H2,26,29,30,35);1-2H3. The Bertz CT molecular complexity index is 1330. The lowest BCUT2D eigenvalue weighted by Crippen LogP contribution is -2.40. The molecule has 1 saturated carbocycles. The van der Waals surface area contributed by atoms with Crippen LogP contribution in [0.3, 0.4) is 0 Å². The van der Waals surface area contributed by atoms with Crippen LogP contribution >= 0.6 is 0 Å². The third kappa shape index (κ3) is 8.12. The number of nitrogens with zero attached hydrogens (tertiary/aromatic N) is 4. The lowest BCUT2D eigenvalue weighted by Gasteiger charge is -2.29. The highest BCUT2D eigenvalue weighted by molar-refractivity contribution is 5.84. The largest absolute Gasteiger partial charge is 0.482 e. The van der Waals surface area contributed by atoms with Gasteiger partial charge in [0.1, 0.15) is 24.0 Å². The highest BCUT2D eigenvalue weighted by Gasteiger charge is 2.25. The Labute approximate surface area is 232 Å². The number of carbonyl (C=O) groups is 2. The summed E-state index contributed by atoms with van der Waals surface area (Å²) < 4.78 is 17.7. The molecule has 3 aromatic rings. The summed E-state index contributed by atoms with van der Waals surface area (Å²) in [6.07, 6.45) is 4.56. The lowest BCUT2D eigenvalue weighted by atomic mass is 9.93. The summed E-state index contributed by atoms with van der Waals surface area (Å²) in [7, 11) is 3.16. The maximum Gasteiger partial charge on any atom is 0.413 e. The highest BCUT2D eigenvalue weighted by Crippen LogP contribution is 2.25. The van der Waals surface area contributed by atoms with E-state index in [1.54, 1.807) is 29.8 Å². The van der Waals surface area contributed by atoms with Crippen LogP contribution in [0, 0.1) is 0 Å². The summed E-state index contributed by atoms with van der Waals surface area (Å²) in [5.41, 5.74) is 0.919. The first-order valence-electron chi connectivity index (χ1n) is 13.4. The number of aldehydes is 1. The molecule has 216 valence electrons. The van der Waals surface area contributed by atoms with Gasteiger partial charge in [-0.3, -0.25) is 19.5 Å². The van der Waals surface area contributed by atoms with Crippen LogP contribution in [0.25, 0.3) is 11.2 Å². The minimum atomic E-state index is -0.596. The Balaban J connectivity index is 0.00000216. The maximum atomic E-state index is 12.5. The molecule has 40 heavy (non-hydrogen) atoms. The predicted octanol–water partition coefficient (Wildman–Crippen LogP) is 2.99. The average molecular weight is 556 g/mol. The first kappa shape index (κ1) is 30.3. The minimum absolute atomic E-state index is 0.0937. The molecule has 13 heteroatoms. The van der Waals surface area contributed by atoms with Gasteiger partial charge in [-0.1, -0.05) is 13.8 Å². The number of pyridine rings is 2. The fourth-order valence-electron chi connectivity index (χ4n) is 4.39. The topological polar surface area (TPSA) is 159 Å². The lowest BCUT2D eigenvalue weighted by molar-refractivity contribution is -0.109. The summed E-state index contributed by atoms with van der Waals surface area (Å²) in [5, 5.41) is 8.98.